The van der Waals surface area contributed by atoms with Crippen molar-refractivity contribution in [2.24, 2.45) is 16.5 Å². The van der Waals surface area contributed by atoms with Gasteiger partial charge >= 0.3 is 0 Å². The molecule has 10 heteroatoms. The van der Waals surface area contributed by atoms with Crippen molar-refractivity contribution in [3.8, 4) is 0 Å². The summed E-state index contributed by atoms with van der Waals surface area (Å²) in [5, 5.41) is 10.3. The van der Waals surface area contributed by atoms with Crippen molar-refractivity contribution in [2.45, 2.75) is 38.6 Å². The normalized spacial score (nSPS) is 22.4. The van der Waals surface area contributed by atoms with E-state index >= 15 is 0 Å². The lowest BCUT2D eigenvalue weighted by atomic mass is 9.60. The highest BCUT2D eigenvalue weighted by atomic mass is 35.5. The Morgan fingerprint density at radius 2 is 2.07 bits per heavy atom. The molecule has 3 fully saturated rings. The number of hydrogen-bond acceptors (Lipinski definition) is 5. The number of nitrogens with two attached hydrogens (primary N) is 1. The number of aromatic nitrogens is 3. The Kier molecular flexibility index (Phi) is 3.79. The number of aryl methyl sites for hydroxylation is 1. The third kappa shape index (κ3) is 2.91. The van der Waals surface area contributed by atoms with Crippen LogP contribution in [0.25, 0.3) is 5.52 Å². The van der Waals surface area contributed by atoms with Gasteiger partial charge in [0.2, 0.25) is 0 Å². The molecule has 1 spiro atoms. The molecule has 3 aliphatic rings. The van der Waals surface area contributed by atoms with Crippen molar-refractivity contribution in [1.29, 1.82) is 0 Å². The standard InChI is InChI=1S/C17H23ClN6O2S/c1-11-4-14(18)24-15(11)16(20-10-21-24)22-8-17(9-22)5-13(6-17)23(27(19,25)26)7-12-2-3-12/h4,10,12-13H,2-3,5-9H2,1H3,(H2,19,25,26). The van der Waals surface area contributed by atoms with Crippen LogP contribution in [-0.4, -0.2) is 53.0 Å². The molecule has 0 unspecified atom stereocenters. The van der Waals surface area contributed by atoms with E-state index in [2.05, 4.69) is 15.0 Å². The molecule has 146 valence electrons. The van der Waals surface area contributed by atoms with Crippen LogP contribution >= 0.6 is 11.6 Å². The highest BCUT2D eigenvalue weighted by Crippen LogP contribution is 2.52. The quantitative estimate of drug-likeness (QED) is 0.807. The first-order chi connectivity index (χ1) is 12.8. The van der Waals surface area contributed by atoms with E-state index in [1.165, 1.54) is 6.33 Å². The summed E-state index contributed by atoms with van der Waals surface area (Å²) in [6.45, 7) is 4.34. The maximum Gasteiger partial charge on any atom is 0.277 e. The monoisotopic (exact) mass is 410 g/mol. The van der Waals surface area contributed by atoms with Gasteiger partial charge in [-0.3, -0.25) is 0 Å². The zero-order valence-electron chi connectivity index (χ0n) is 15.2. The summed E-state index contributed by atoms with van der Waals surface area (Å²) < 4.78 is 27.2. The van der Waals surface area contributed by atoms with Crippen LogP contribution in [-0.2, 0) is 10.2 Å². The summed E-state index contributed by atoms with van der Waals surface area (Å²) in [5.41, 5.74) is 2.16. The van der Waals surface area contributed by atoms with E-state index in [1.54, 1.807) is 8.82 Å². The molecular formula is C17H23ClN6O2S. The third-order valence-electron chi connectivity index (χ3n) is 6.24. The minimum Gasteiger partial charge on any atom is -0.354 e. The molecule has 8 nitrogen and oxygen atoms in total. The fourth-order valence-corrected chi connectivity index (χ4v) is 6.00. The first kappa shape index (κ1) is 17.7. The van der Waals surface area contributed by atoms with Crippen molar-refractivity contribution in [3.05, 3.63) is 23.1 Å². The maximum absolute atomic E-state index is 12.0. The molecule has 1 saturated heterocycles. The molecule has 3 heterocycles. The number of halogens is 1. The number of hydrogen-bond donors (Lipinski definition) is 1. The highest BCUT2D eigenvalue weighted by molar-refractivity contribution is 7.86. The Morgan fingerprint density at radius 1 is 1.37 bits per heavy atom. The Hall–Kier alpha value is -1.42. The van der Waals surface area contributed by atoms with Crippen molar-refractivity contribution in [3.63, 3.8) is 0 Å². The molecular weight excluding hydrogens is 388 g/mol. The average molecular weight is 411 g/mol. The van der Waals surface area contributed by atoms with Crippen molar-refractivity contribution < 1.29 is 8.42 Å². The second kappa shape index (κ2) is 5.79. The summed E-state index contributed by atoms with van der Waals surface area (Å²) in [7, 11) is -3.63. The van der Waals surface area contributed by atoms with E-state index in [0.717, 1.165) is 55.7 Å². The van der Waals surface area contributed by atoms with Crippen LogP contribution < -0.4 is 10.0 Å². The van der Waals surface area contributed by atoms with Crippen LogP contribution in [0.2, 0.25) is 5.15 Å². The van der Waals surface area contributed by atoms with E-state index in [-0.39, 0.29) is 11.5 Å². The van der Waals surface area contributed by atoms with Gasteiger partial charge in [-0.1, -0.05) is 11.6 Å². The molecule has 0 aromatic carbocycles. The second-order valence-electron chi connectivity index (χ2n) is 8.47. The van der Waals surface area contributed by atoms with Gasteiger partial charge < -0.3 is 4.90 Å². The Bertz CT molecular complexity index is 1000. The molecule has 0 atom stereocenters. The topological polar surface area (TPSA) is 96.8 Å². The van der Waals surface area contributed by atoms with Gasteiger partial charge in [0.15, 0.2) is 5.82 Å². The molecule has 2 saturated carbocycles. The maximum atomic E-state index is 12.0. The molecule has 0 radical (unpaired) electrons. The minimum atomic E-state index is -3.63. The van der Waals surface area contributed by atoms with Gasteiger partial charge in [0.05, 0.1) is 0 Å². The summed E-state index contributed by atoms with van der Waals surface area (Å²) in [5.74, 6) is 1.39. The SMILES string of the molecule is Cc1cc(Cl)n2ncnc(N3CC4(CC(N(CC5CC5)S(N)(=O)=O)C4)C3)c12. The van der Waals surface area contributed by atoms with Gasteiger partial charge in [0.1, 0.15) is 17.0 Å². The Balaban J connectivity index is 1.29. The van der Waals surface area contributed by atoms with Crippen molar-refractivity contribution in [2.75, 3.05) is 24.5 Å². The van der Waals surface area contributed by atoms with Gasteiger partial charge in [0.25, 0.3) is 10.2 Å². The number of fused-ring (bicyclic) bond motifs is 1. The lowest BCUT2D eigenvalue weighted by Gasteiger charge is -2.60. The summed E-state index contributed by atoms with van der Waals surface area (Å²) >= 11 is 6.23. The van der Waals surface area contributed by atoms with E-state index in [9.17, 15) is 8.42 Å². The van der Waals surface area contributed by atoms with Gasteiger partial charge in [-0.25, -0.2) is 14.6 Å². The van der Waals surface area contributed by atoms with Crippen LogP contribution in [0, 0.1) is 18.3 Å². The molecule has 2 aromatic rings. The lowest BCUT2D eigenvalue weighted by molar-refractivity contribution is 0.0121. The highest BCUT2D eigenvalue weighted by Gasteiger charge is 2.56. The lowest BCUT2D eigenvalue weighted by Crippen LogP contribution is -2.68. The summed E-state index contributed by atoms with van der Waals surface area (Å²) in [6, 6.07) is 1.93. The summed E-state index contributed by atoms with van der Waals surface area (Å²) in [4.78, 5) is 6.71. The van der Waals surface area contributed by atoms with E-state index in [1.807, 2.05) is 13.0 Å². The van der Waals surface area contributed by atoms with Crippen LogP contribution in [0.5, 0.6) is 0 Å². The molecule has 2 N–H and O–H groups in total. The van der Waals surface area contributed by atoms with Crippen molar-refractivity contribution in [1.82, 2.24) is 18.9 Å². The fraction of sp³-hybridized carbons (Fsp3) is 0.647. The predicted octanol–water partition coefficient (Wildman–Crippen LogP) is 1.58. The van der Waals surface area contributed by atoms with E-state index in [0.29, 0.717) is 17.6 Å². The number of nitrogens with zero attached hydrogens (tertiary/aromatic N) is 5. The van der Waals surface area contributed by atoms with E-state index < -0.39 is 10.2 Å². The fourth-order valence-electron chi connectivity index (χ4n) is 4.72. The number of anilines is 1. The largest absolute Gasteiger partial charge is 0.354 e. The average Bonchev–Trinajstić information content (AvgIpc) is 3.28. The molecule has 2 aliphatic carbocycles. The molecule has 1 aliphatic heterocycles. The van der Waals surface area contributed by atoms with Crippen LogP contribution in [0.4, 0.5) is 5.82 Å². The molecule has 2 aromatic heterocycles. The second-order valence-corrected chi connectivity index (χ2v) is 10.4. The van der Waals surface area contributed by atoms with Crippen LogP contribution in [0.1, 0.15) is 31.2 Å². The van der Waals surface area contributed by atoms with Crippen LogP contribution in [0.15, 0.2) is 12.4 Å². The molecule has 0 bridgehead atoms. The smallest absolute Gasteiger partial charge is 0.277 e. The number of rotatable bonds is 5. The third-order valence-corrected chi connectivity index (χ3v) is 7.61. The van der Waals surface area contributed by atoms with Crippen molar-refractivity contribution >= 4 is 33.1 Å². The zero-order chi connectivity index (χ0) is 19.0. The Labute approximate surface area is 163 Å². The van der Waals surface area contributed by atoms with Crippen LogP contribution in [0.3, 0.4) is 0 Å². The molecule has 0 amide bonds. The predicted molar refractivity (Wildman–Crippen MR) is 103 cm³/mol. The first-order valence-electron chi connectivity index (χ1n) is 9.29. The van der Waals surface area contributed by atoms with Gasteiger partial charge in [-0.05, 0) is 50.2 Å². The van der Waals surface area contributed by atoms with Gasteiger partial charge in [-0.15, -0.1) is 0 Å². The van der Waals surface area contributed by atoms with E-state index in [4.69, 9.17) is 16.7 Å². The molecule has 5 rings (SSSR count). The van der Waals surface area contributed by atoms with Gasteiger partial charge in [-0.2, -0.15) is 17.8 Å². The van der Waals surface area contributed by atoms with Gasteiger partial charge in [0, 0.05) is 31.1 Å². The first-order valence-corrected chi connectivity index (χ1v) is 11.2. The molecule has 27 heavy (non-hydrogen) atoms. The summed E-state index contributed by atoms with van der Waals surface area (Å²) in [6.07, 6.45) is 5.49. The minimum absolute atomic E-state index is 0.0395. The zero-order valence-corrected chi connectivity index (χ0v) is 16.7. The Morgan fingerprint density at radius 3 is 2.70 bits per heavy atom.